The molecular weight excluding hydrogens is 335 g/mol. The summed E-state index contributed by atoms with van der Waals surface area (Å²) in [6.07, 6.45) is 1.51. The van der Waals surface area contributed by atoms with Crippen molar-refractivity contribution in [1.82, 2.24) is 9.78 Å². The number of nitrogens with two attached hydrogens (primary N) is 1. The van der Waals surface area contributed by atoms with Gasteiger partial charge in [0.05, 0.1) is 22.4 Å². The molecule has 2 rings (SSSR count). The molecule has 0 saturated heterocycles. The lowest BCUT2D eigenvalue weighted by molar-refractivity contribution is 0.476. The first-order valence-corrected chi connectivity index (χ1v) is 6.75. The molecule has 0 aliphatic rings. The highest BCUT2D eigenvalue weighted by molar-refractivity contribution is 9.10. The summed E-state index contributed by atoms with van der Waals surface area (Å²) in [4.78, 5) is 0. The summed E-state index contributed by atoms with van der Waals surface area (Å²) >= 11 is 3.26. The molecule has 7 heteroatoms. The van der Waals surface area contributed by atoms with Crippen LogP contribution in [-0.2, 0) is 0 Å². The van der Waals surface area contributed by atoms with Crippen molar-refractivity contribution in [3.05, 3.63) is 51.5 Å². The van der Waals surface area contributed by atoms with Gasteiger partial charge in [0.2, 0.25) is 0 Å². The fourth-order valence-corrected chi connectivity index (χ4v) is 2.56. The van der Waals surface area contributed by atoms with Gasteiger partial charge in [-0.1, -0.05) is 0 Å². The zero-order valence-electron chi connectivity index (χ0n) is 10.9. The molecule has 1 atom stereocenters. The predicted octanol–water partition coefficient (Wildman–Crippen LogP) is 3.69. The minimum atomic E-state index is -1.09. The molecule has 1 unspecified atom stereocenters. The maximum Gasteiger partial charge on any atom is 0.134 e. The van der Waals surface area contributed by atoms with Gasteiger partial charge in [-0.2, -0.15) is 5.10 Å². The van der Waals surface area contributed by atoms with Gasteiger partial charge in [-0.05, 0) is 29.8 Å². The Balaban J connectivity index is 2.58. The van der Waals surface area contributed by atoms with Crippen molar-refractivity contribution in [3.63, 3.8) is 0 Å². The number of benzene rings is 1. The molecule has 108 valence electrons. The Hall–Kier alpha value is -1.34. The summed E-state index contributed by atoms with van der Waals surface area (Å²) < 4.78 is 42.7. The number of nitrogens with zero attached hydrogens (tertiary/aromatic N) is 2. The van der Waals surface area contributed by atoms with Crippen molar-refractivity contribution >= 4 is 15.9 Å². The molecular formula is C13H13BrF3N3. The van der Waals surface area contributed by atoms with Crippen LogP contribution >= 0.6 is 15.9 Å². The Kier molecular flexibility index (Phi) is 4.19. The smallest absolute Gasteiger partial charge is 0.134 e. The van der Waals surface area contributed by atoms with Gasteiger partial charge >= 0.3 is 0 Å². The van der Waals surface area contributed by atoms with Crippen molar-refractivity contribution in [3.8, 4) is 0 Å². The molecule has 2 N–H and O–H groups in total. The van der Waals surface area contributed by atoms with Gasteiger partial charge in [0.15, 0.2) is 0 Å². The average molecular weight is 348 g/mol. The summed E-state index contributed by atoms with van der Waals surface area (Å²) in [6, 6.07) is 0.105. The molecule has 0 spiro atoms. The number of hydrogen-bond donors (Lipinski definition) is 1. The molecule has 1 aromatic heterocycles. The van der Waals surface area contributed by atoms with Gasteiger partial charge in [0.25, 0.3) is 0 Å². The Labute approximate surface area is 122 Å². The minimum Gasteiger partial charge on any atom is -0.319 e. The van der Waals surface area contributed by atoms with Crippen LogP contribution in [0.25, 0.3) is 0 Å². The van der Waals surface area contributed by atoms with Crippen molar-refractivity contribution in [2.45, 2.75) is 25.9 Å². The SMILES string of the molecule is CC(C)n1ncc(Br)c1C(N)c1c(F)cc(F)cc1F. The van der Waals surface area contributed by atoms with Gasteiger partial charge in [-0.3, -0.25) is 4.68 Å². The molecule has 20 heavy (non-hydrogen) atoms. The van der Waals surface area contributed by atoms with Crippen molar-refractivity contribution in [2.75, 3.05) is 0 Å². The fourth-order valence-electron chi connectivity index (χ4n) is 2.04. The van der Waals surface area contributed by atoms with Gasteiger partial charge in [-0.15, -0.1) is 0 Å². The molecule has 0 saturated carbocycles. The predicted molar refractivity (Wildman–Crippen MR) is 72.7 cm³/mol. The van der Waals surface area contributed by atoms with E-state index in [0.717, 1.165) is 0 Å². The number of aromatic nitrogens is 2. The highest BCUT2D eigenvalue weighted by atomic mass is 79.9. The summed E-state index contributed by atoms with van der Waals surface area (Å²) in [7, 11) is 0. The normalized spacial score (nSPS) is 13.0. The van der Waals surface area contributed by atoms with E-state index in [2.05, 4.69) is 21.0 Å². The summed E-state index contributed by atoms with van der Waals surface area (Å²) in [6.45, 7) is 3.74. The lowest BCUT2D eigenvalue weighted by atomic mass is 10.0. The van der Waals surface area contributed by atoms with Crippen LogP contribution in [0, 0.1) is 17.5 Å². The van der Waals surface area contributed by atoms with Gasteiger partial charge in [0, 0.05) is 23.7 Å². The Bertz CT molecular complexity index is 617. The molecule has 0 radical (unpaired) electrons. The Morgan fingerprint density at radius 2 is 1.75 bits per heavy atom. The molecule has 1 heterocycles. The van der Waals surface area contributed by atoms with Crippen molar-refractivity contribution in [2.24, 2.45) is 5.73 Å². The quantitative estimate of drug-likeness (QED) is 0.919. The molecule has 2 aromatic rings. The van der Waals surface area contributed by atoms with Gasteiger partial charge in [-0.25, -0.2) is 13.2 Å². The summed E-state index contributed by atoms with van der Waals surface area (Å²) in [5, 5.41) is 4.11. The topological polar surface area (TPSA) is 43.8 Å². The second-order valence-corrected chi connectivity index (χ2v) is 5.53. The fraction of sp³-hybridized carbons (Fsp3) is 0.308. The Morgan fingerprint density at radius 3 is 2.25 bits per heavy atom. The summed E-state index contributed by atoms with van der Waals surface area (Å²) in [5.41, 5.74) is 6.01. The third kappa shape index (κ3) is 2.60. The van der Waals surface area contributed by atoms with Crippen LogP contribution in [0.1, 0.15) is 37.2 Å². The van der Waals surface area contributed by atoms with Crippen LogP contribution in [0.3, 0.4) is 0 Å². The first kappa shape index (κ1) is 15.1. The van der Waals surface area contributed by atoms with E-state index in [1.54, 1.807) is 4.68 Å². The molecule has 0 fully saturated rings. The van der Waals surface area contributed by atoms with Crippen LogP contribution in [0.2, 0.25) is 0 Å². The van der Waals surface area contributed by atoms with Crippen LogP contribution in [0.15, 0.2) is 22.8 Å². The second-order valence-electron chi connectivity index (χ2n) is 4.68. The van der Waals surface area contributed by atoms with Crippen LogP contribution in [0.5, 0.6) is 0 Å². The third-order valence-corrected chi connectivity index (χ3v) is 3.54. The van der Waals surface area contributed by atoms with Crippen LogP contribution < -0.4 is 5.73 Å². The Morgan fingerprint density at radius 1 is 1.20 bits per heavy atom. The number of rotatable bonds is 3. The lowest BCUT2D eigenvalue weighted by Crippen LogP contribution is -2.21. The zero-order valence-corrected chi connectivity index (χ0v) is 12.5. The molecule has 0 aliphatic carbocycles. The van der Waals surface area contributed by atoms with Crippen LogP contribution in [0.4, 0.5) is 13.2 Å². The zero-order chi connectivity index (χ0) is 15.0. The first-order chi connectivity index (χ1) is 9.32. The lowest BCUT2D eigenvalue weighted by Gasteiger charge is -2.19. The summed E-state index contributed by atoms with van der Waals surface area (Å²) in [5.74, 6) is -3.01. The molecule has 1 aromatic carbocycles. The highest BCUT2D eigenvalue weighted by Crippen LogP contribution is 2.31. The number of halogens is 4. The maximum absolute atomic E-state index is 13.8. The van der Waals surface area contributed by atoms with Crippen molar-refractivity contribution < 1.29 is 13.2 Å². The molecule has 0 bridgehead atoms. The van der Waals surface area contributed by atoms with E-state index >= 15 is 0 Å². The average Bonchev–Trinajstić information content (AvgIpc) is 2.69. The second kappa shape index (κ2) is 5.57. The monoisotopic (exact) mass is 347 g/mol. The third-order valence-electron chi connectivity index (χ3n) is 2.93. The maximum atomic E-state index is 13.8. The minimum absolute atomic E-state index is 0.0334. The molecule has 0 aliphatic heterocycles. The van der Waals surface area contributed by atoms with Crippen LogP contribution in [-0.4, -0.2) is 9.78 Å². The van der Waals surface area contributed by atoms with E-state index in [1.165, 1.54) is 6.20 Å². The highest BCUT2D eigenvalue weighted by Gasteiger charge is 2.25. The van der Waals surface area contributed by atoms with E-state index in [4.69, 9.17) is 5.73 Å². The van der Waals surface area contributed by atoms with Crippen molar-refractivity contribution in [1.29, 1.82) is 0 Å². The van der Waals surface area contributed by atoms with E-state index < -0.39 is 23.5 Å². The van der Waals surface area contributed by atoms with E-state index in [0.29, 0.717) is 22.3 Å². The van der Waals surface area contributed by atoms with Gasteiger partial charge < -0.3 is 5.73 Å². The molecule has 3 nitrogen and oxygen atoms in total. The van der Waals surface area contributed by atoms with E-state index in [1.807, 2.05) is 13.8 Å². The van der Waals surface area contributed by atoms with E-state index in [-0.39, 0.29) is 11.6 Å². The first-order valence-electron chi connectivity index (χ1n) is 5.95. The standard InChI is InChI=1S/C13H13BrF3N3/c1-6(2)20-13(8(14)5-19-20)12(18)11-9(16)3-7(15)4-10(11)17/h3-6,12H,18H2,1-2H3. The van der Waals surface area contributed by atoms with E-state index in [9.17, 15) is 13.2 Å². The number of hydrogen-bond acceptors (Lipinski definition) is 2. The van der Waals surface area contributed by atoms with Gasteiger partial charge in [0.1, 0.15) is 17.5 Å². The largest absolute Gasteiger partial charge is 0.319 e. The molecule has 0 amide bonds.